The van der Waals surface area contributed by atoms with Crippen LogP contribution < -0.4 is 4.74 Å². The van der Waals surface area contributed by atoms with E-state index < -0.39 is 6.10 Å². The molecule has 0 spiro atoms. The van der Waals surface area contributed by atoms with Crippen LogP contribution in [0.4, 0.5) is 0 Å². The molecule has 4 heteroatoms. The van der Waals surface area contributed by atoms with E-state index in [1.54, 1.807) is 19.1 Å². The molecular formula is C16H14INO2. The summed E-state index contributed by atoms with van der Waals surface area (Å²) in [5.41, 5.74) is 2.76. The van der Waals surface area contributed by atoms with Crippen molar-refractivity contribution in [2.24, 2.45) is 0 Å². The van der Waals surface area contributed by atoms with E-state index in [4.69, 9.17) is 10.00 Å². The predicted octanol–water partition coefficient (Wildman–Crippen LogP) is 3.75. The Morgan fingerprint density at radius 1 is 1.05 bits per heavy atom. The summed E-state index contributed by atoms with van der Waals surface area (Å²) < 4.78 is 5.33. The number of halogens is 1. The summed E-state index contributed by atoms with van der Waals surface area (Å²) in [6.07, 6.45) is -0.520. The first-order valence-electron chi connectivity index (χ1n) is 6.19. The average molecular weight is 379 g/mol. The number of aliphatic hydroxyl groups is 1. The van der Waals surface area contributed by atoms with E-state index in [-0.39, 0.29) is 4.11 Å². The summed E-state index contributed by atoms with van der Waals surface area (Å²) >= 11 is 2.06. The Morgan fingerprint density at radius 3 is 2.00 bits per heavy atom. The van der Waals surface area contributed by atoms with Gasteiger partial charge in [0.15, 0.2) is 4.11 Å². The fourth-order valence-electron chi connectivity index (χ4n) is 1.69. The van der Waals surface area contributed by atoms with Crippen LogP contribution in [0.2, 0.25) is 0 Å². The number of nitriles is 1. The zero-order valence-electron chi connectivity index (χ0n) is 11.0. The quantitative estimate of drug-likeness (QED) is 0.651. The van der Waals surface area contributed by atoms with Crippen molar-refractivity contribution in [3.8, 4) is 22.9 Å². The lowest BCUT2D eigenvalue weighted by Crippen LogP contribution is -2.22. The number of aliphatic hydroxyl groups excluding tert-OH is 1. The van der Waals surface area contributed by atoms with Gasteiger partial charge in [0, 0.05) is 0 Å². The third kappa shape index (κ3) is 3.71. The molecule has 0 amide bonds. The molecule has 0 radical (unpaired) electrons. The predicted molar refractivity (Wildman–Crippen MR) is 86.7 cm³/mol. The third-order valence-electron chi connectivity index (χ3n) is 2.83. The standard InChI is InChI=1S/C16H14INO2/c1-11(19)16(17)20-15-8-6-14(7-9-15)13-4-2-12(10-18)3-5-13/h2-9,11,16,19H,1H3. The van der Waals surface area contributed by atoms with Crippen molar-refractivity contribution in [3.05, 3.63) is 54.1 Å². The molecule has 2 unspecified atom stereocenters. The molecular weight excluding hydrogens is 365 g/mol. The van der Waals surface area contributed by atoms with E-state index in [0.717, 1.165) is 16.9 Å². The van der Waals surface area contributed by atoms with Crippen LogP contribution in [0.3, 0.4) is 0 Å². The summed E-state index contributed by atoms with van der Waals surface area (Å²) in [6, 6.07) is 17.2. The van der Waals surface area contributed by atoms with E-state index in [0.29, 0.717) is 5.56 Å². The summed E-state index contributed by atoms with van der Waals surface area (Å²) in [4.78, 5) is 0. The molecule has 2 aromatic carbocycles. The maximum Gasteiger partial charge on any atom is 0.174 e. The molecule has 102 valence electrons. The lowest BCUT2D eigenvalue weighted by Gasteiger charge is -2.15. The monoisotopic (exact) mass is 379 g/mol. The van der Waals surface area contributed by atoms with Crippen molar-refractivity contribution in [3.63, 3.8) is 0 Å². The molecule has 0 fully saturated rings. The van der Waals surface area contributed by atoms with Gasteiger partial charge in [-0.2, -0.15) is 5.26 Å². The Balaban J connectivity index is 2.13. The molecule has 2 atom stereocenters. The van der Waals surface area contributed by atoms with Crippen molar-refractivity contribution in [1.82, 2.24) is 0 Å². The van der Waals surface area contributed by atoms with E-state index >= 15 is 0 Å². The third-order valence-corrected chi connectivity index (χ3v) is 4.12. The number of hydrogen-bond donors (Lipinski definition) is 1. The highest BCUT2D eigenvalue weighted by Gasteiger charge is 2.11. The molecule has 1 N–H and O–H groups in total. The van der Waals surface area contributed by atoms with Crippen LogP contribution in [-0.4, -0.2) is 15.3 Å². The zero-order chi connectivity index (χ0) is 14.5. The van der Waals surface area contributed by atoms with Crippen molar-refractivity contribution >= 4 is 22.6 Å². The van der Waals surface area contributed by atoms with Gasteiger partial charge < -0.3 is 9.84 Å². The molecule has 0 aromatic heterocycles. The minimum Gasteiger partial charge on any atom is -0.477 e. The topological polar surface area (TPSA) is 53.2 Å². The van der Waals surface area contributed by atoms with Gasteiger partial charge in [-0.15, -0.1) is 0 Å². The molecule has 0 saturated carbocycles. The molecule has 20 heavy (non-hydrogen) atoms. The van der Waals surface area contributed by atoms with Crippen LogP contribution in [-0.2, 0) is 0 Å². The summed E-state index contributed by atoms with van der Waals surface area (Å²) in [5.74, 6) is 0.725. The molecule has 0 saturated heterocycles. The second-order valence-electron chi connectivity index (χ2n) is 4.42. The van der Waals surface area contributed by atoms with E-state index in [1.165, 1.54) is 0 Å². The highest BCUT2D eigenvalue weighted by Crippen LogP contribution is 2.24. The summed E-state index contributed by atoms with van der Waals surface area (Å²) in [5, 5.41) is 18.2. The highest BCUT2D eigenvalue weighted by molar-refractivity contribution is 14.1. The van der Waals surface area contributed by atoms with Gasteiger partial charge in [0.25, 0.3) is 0 Å². The number of nitrogens with zero attached hydrogens (tertiary/aromatic N) is 1. The van der Waals surface area contributed by atoms with Gasteiger partial charge in [0.2, 0.25) is 0 Å². The highest BCUT2D eigenvalue weighted by atomic mass is 127. The van der Waals surface area contributed by atoms with Crippen LogP contribution in [0, 0.1) is 11.3 Å². The Bertz CT molecular complexity index is 600. The normalized spacial score (nSPS) is 13.3. The van der Waals surface area contributed by atoms with Crippen LogP contribution in [0.5, 0.6) is 5.75 Å². The molecule has 2 aromatic rings. The smallest absolute Gasteiger partial charge is 0.174 e. The van der Waals surface area contributed by atoms with E-state index in [9.17, 15) is 5.11 Å². The van der Waals surface area contributed by atoms with E-state index in [1.807, 2.05) is 36.4 Å². The lowest BCUT2D eigenvalue weighted by molar-refractivity contribution is 0.111. The van der Waals surface area contributed by atoms with Gasteiger partial charge in [-0.25, -0.2) is 0 Å². The molecule has 2 rings (SSSR count). The first-order valence-corrected chi connectivity index (χ1v) is 7.44. The number of benzene rings is 2. The van der Waals surface area contributed by atoms with Crippen molar-refractivity contribution in [2.75, 3.05) is 0 Å². The maximum atomic E-state index is 9.41. The van der Waals surface area contributed by atoms with Gasteiger partial charge in [-0.1, -0.05) is 24.3 Å². The van der Waals surface area contributed by atoms with Gasteiger partial charge in [0.05, 0.1) is 17.7 Å². The molecule has 0 aliphatic carbocycles. The Hall–Kier alpha value is -1.58. The fourth-order valence-corrected chi connectivity index (χ4v) is 1.99. The minimum atomic E-state index is -0.520. The van der Waals surface area contributed by atoms with Gasteiger partial charge in [0.1, 0.15) is 5.75 Å². The number of rotatable bonds is 4. The van der Waals surface area contributed by atoms with Crippen LogP contribution >= 0.6 is 22.6 Å². The second kappa shape index (κ2) is 6.73. The fraction of sp³-hybridized carbons (Fsp3) is 0.188. The van der Waals surface area contributed by atoms with Crippen molar-refractivity contribution < 1.29 is 9.84 Å². The first-order chi connectivity index (χ1) is 9.60. The van der Waals surface area contributed by atoms with Gasteiger partial charge >= 0.3 is 0 Å². The van der Waals surface area contributed by atoms with Crippen molar-refractivity contribution in [1.29, 1.82) is 5.26 Å². The average Bonchev–Trinajstić information content (AvgIpc) is 2.48. The van der Waals surface area contributed by atoms with E-state index in [2.05, 4.69) is 28.7 Å². The summed E-state index contributed by atoms with van der Waals surface area (Å²) in [7, 11) is 0. The largest absolute Gasteiger partial charge is 0.477 e. The Kier molecular flexibility index (Phi) is 4.99. The number of hydrogen-bond acceptors (Lipinski definition) is 3. The molecule has 0 aliphatic heterocycles. The Labute approximate surface area is 132 Å². The number of ether oxygens (including phenoxy) is 1. The maximum absolute atomic E-state index is 9.41. The molecule has 0 aliphatic rings. The minimum absolute atomic E-state index is 0.270. The van der Waals surface area contributed by atoms with Gasteiger partial charge in [-0.05, 0) is 64.9 Å². The Morgan fingerprint density at radius 2 is 1.55 bits per heavy atom. The zero-order valence-corrected chi connectivity index (χ0v) is 13.1. The number of alkyl halides is 1. The molecule has 3 nitrogen and oxygen atoms in total. The second-order valence-corrected chi connectivity index (χ2v) is 5.65. The lowest BCUT2D eigenvalue weighted by atomic mass is 10.0. The van der Waals surface area contributed by atoms with Crippen LogP contribution in [0.15, 0.2) is 48.5 Å². The summed E-state index contributed by atoms with van der Waals surface area (Å²) in [6.45, 7) is 1.70. The van der Waals surface area contributed by atoms with Crippen LogP contribution in [0.25, 0.3) is 11.1 Å². The van der Waals surface area contributed by atoms with Crippen LogP contribution in [0.1, 0.15) is 12.5 Å². The molecule has 0 bridgehead atoms. The molecule has 0 heterocycles. The van der Waals surface area contributed by atoms with Gasteiger partial charge in [-0.3, -0.25) is 0 Å². The SMILES string of the molecule is CC(O)C(I)Oc1ccc(-c2ccc(C#N)cc2)cc1. The first kappa shape index (κ1) is 14.8. The van der Waals surface area contributed by atoms with Crippen molar-refractivity contribution in [2.45, 2.75) is 17.1 Å².